The number of aryl methyl sites for hydroxylation is 2. The molecule has 0 saturated heterocycles. The Hall–Kier alpha value is -3.82. The average molecular weight is 471 g/mol. The van der Waals surface area contributed by atoms with Crippen molar-refractivity contribution < 1.29 is 19.1 Å². The lowest BCUT2D eigenvalue weighted by Crippen LogP contribution is -2.48. The summed E-state index contributed by atoms with van der Waals surface area (Å²) in [5.41, 5.74) is 7.80. The molecule has 0 bridgehead atoms. The molecular formula is C24H34N6O4. The van der Waals surface area contributed by atoms with E-state index >= 15 is 0 Å². The summed E-state index contributed by atoms with van der Waals surface area (Å²) < 4.78 is 5.04. The summed E-state index contributed by atoms with van der Waals surface area (Å²) in [5.74, 6) is -0.0438. The van der Waals surface area contributed by atoms with Crippen molar-refractivity contribution in [2.45, 2.75) is 52.7 Å². The van der Waals surface area contributed by atoms with Crippen LogP contribution in [0.5, 0.6) is 0 Å². The number of urea groups is 1. The Bertz CT molecular complexity index is 939. The molecule has 5 N–H and O–H groups in total. The van der Waals surface area contributed by atoms with E-state index in [1.165, 1.54) is 12.5 Å². The Morgan fingerprint density at radius 3 is 2.21 bits per heavy atom. The second kappa shape index (κ2) is 13.0. The van der Waals surface area contributed by atoms with Crippen LogP contribution in [0.2, 0.25) is 0 Å². The molecule has 1 aromatic carbocycles. The van der Waals surface area contributed by atoms with Gasteiger partial charge < -0.3 is 20.7 Å². The predicted molar refractivity (Wildman–Crippen MR) is 130 cm³/mol. The molecule has 0 unspecified atom stereocenters. The lowest BCUT2D eigenvalue weighted by atomic mass is 10.1. The summed E-state index contributed by atoms with van der Waals surface area (Å²) in [6.07, 6.45) is 2.72. The Labute approximate surface area is 200 Å². The molecule has 0 aliphatic carbocycles. The monoisotopic (exact) mass is 470 g/mol. The van der Waals surface area contributed by atoms with Crippen LogP contribution in [-0.4, -0.2) is 41.7 Å². The molecule has 0 saturated carbocycles. The molecule has 0 fully saturated rings. The highest BCUT2D eigenvalue weighted by Gasteiger charge is 2.16. The van der Waals surface area contributed by atoms with E-state index in [0.717, 1.165) is 29.8 Å². The number of carbonyl (C=O) groups excluding carboxylic acids is 3. The molecule has 0 atom stereocenters. The number of rotatable bonds is 9. The number of amides is 4. The molecule has 1 aromatic heterocycles. The zero-order valence-corrected chi connectivity index (χ0v) is 20.2. The van der Waals surface area contributed by atoms with Crippen molar-refractivity contribution in [2.24, 2.45) is 0 Å². The molecule has 4 amide bonds. The van der Waals surface area contributed by atoms with Crippen LogP contribution in [0.15, 0.2) is 42.6 Å². The third-order valence-electron chi connectivity index (χ3n) is 4.48. The van der Waals surface area contributed by atoms with E-state index < -0.39 is 17.7 Å². The molecule has 10 heteroatoms. The first kappa shape index (κ1) is 26.4. The summed E-state index contributed by atoms with van der Waals surface area (Å²) >= 11 is 0. The topological polar surface area (TPSA) is 133 Å². The molecule has 0 aliphatic heterocycles. The number of pyridine rings is 1. The first-order valence-corrected chi connectivity index (χ1v) is 11.1. The van der Waals surface area contributed by atoms with Gasteiger partial charge >= 0.3 is 12.1 Å². The van der Waals surface area contributed by atoms with Crippen molar-refractivity contribution in [1.82, 2.24) is 26.5 Å². The number of hydrogen-bond acceptors (Lipinski definition) is 6. The minimum Gasteiger partial charge on any atom is -0.443 e. The standard InChI is InChI=1S/C24H34N6O4/c1-17(31)25-13-14-26-21-12-11-20(27-16-21)10-9-18-5-7-19(8-6-18)15-28-22(32)29-30-23(33)34-24(2,3)4/h5-8,11-12,16,26H,9-10,13-15H2,1-4H3,(H,25,31)(H,30,33)(H2,28,29,32). The fourth-order valence-electron chi connectivity index (χ4n) is 2.86. The van der Waals surface area contributed by atoms with Crippen molar-refractivity contribution >= 4 is 23.7 Å². The van der Waals surface area contributed by atoms with Gasteiger partial charge in [-0.15, -0.1) is 0 Å². The zero-order chi connectivity index (χ0) is 25.0. The number of carbonyl (C=O) groups is 3. The number of nitrogens with zero attached hydrogens (tertiary/aromatic N) is 1. The van der Waals surface area contributed by atoms with Crippen LogP contribution in [0.4, 0.5) is 15.3 Å². The predicted octanol–water partition coefficient (Wildman–Crippen LogP) is 2.65. The Kier molecular flexibility index (Phi) is 10.1. The van der Waals surface area contributed by atoms with E-state index in [1.54, 1.807) is 27.0 Å². The van der Waals surface area contributed by atoms with Gasteiger partial charge in [-0.05, 0) is 56.9 Å². The Morgan fingerprint density at radius 1 is 0.882 bits per heavy atom. The maximum Gasteiger partial charge on any atom is 0.426 e. The summed E-state index contributed by atoms with van der Waals surface area (Å²) in [6.45, 7) is 8.23. The minimum atomic E-state index is -0.727. The van der Waals surface area contributed by atoms with Crippen molar-refractivity contribution in [2.75, 3.05) is 18.4 Å². The van der Waals surface area contributed by atoms with Gasteiger partial charge in [0, 0.05) is 32.3 Å². The number of ether oxygens (including phenoxy) is 1. The van der Waals surface area contributed by atoms with Crippen LogP contribution in [0.1, 0.15) is 44.5 Å². The fourth-order valence-corrected chi connectivity index (χ4v) is 2.86. The molecule has 2 rings (SSSR count). The van der Waals surface area contributed by atoms with Gasteiger partial charge in [-0.2, -0.15) is 0 Å². The Balaban J connectivity index is 1.68. The molecule has 10 nitrogen and oxygen atoms in total. The van der Waals surface area contributed by atoms with Crippen LogP contribution in [0, 0.1) is 0 Å². The first-order chi connectivity index (χ1) is 16.1. The highest BCUT2D eigenvalue weighted by atomic mass is 16.6. The number of benzene rings is 1. The maximum atomic E-state index is 11.8. The fraction of sp³-hybridized carbons (Fsp3) is 0.417. The lowest BCUT2D eigenvalue weighted by Gasteiger charge is -2.19. The third kappa shape index (κ3) is 11.2. The number of nitrogens with one attached hydrogen (secondary N) is 5. The minimum absolute atomic E-state index is 0.0438. The summed E-state index contributed by atoms with van der Waals surface area (Å²) in [5, 5.41) is 8.61. The van der Waals surface area contributed by atoms with E-state index in [2.05, 4.69) is 31.8 Å². The van der Waals surface area contributed by atoms with Crippen LogP contribution in [0.3, 0.4) is 0 Å². The second-order valence-corrected chi connectivity index (χ2v) is 8.70. The van der Waals surface area contributed by atoms with Crippen LogP contribution >= 0.6 is 0 Å². The number of hydrogen-bond donors (Lipinski definition) is 5. The van der Waals surface area contributed by atoms with E-state index in [-0.39, 0.29) is 5.91 Å². The summed E-state index contributed by atoms with van der Waals surface area (Å²) in [6, 6.07) is 11.4. The summed E-state index contributed by atoms with van der Waals surface area (Å²) in [4.78, 5) is 38.7. The molecule has 0 spiro atoms. The third-order valence-corrected chi connectivity index (χ3v) is 4.48. The molecular weight excluding hydrogens is 436 g/mol. The van der Waals surface area contributed by atoms with Crippen molar-refractivity contribution in [3.05, 3.63) is 59.4 Å². The van der Waals surface area contributed by atoms with Gasteiger partial charge in [0.25, 0.3) is 0 Å². The smallest absolute Gasteiger partial charge is 0.426 e. The largest absolute Gasteiger partial charge is 0.443 e. The lowest BCUT2D eigenvalue weighted by molar-refractivity contribution is -0.118. The van der Waals surface area contributed by atoms with E-state index in [0.29, 0.717) is 19.6 Å². The highest BCUT2D eigenvalue weighted by Crippen LogP contribution is 2.11. The van der Waals surface area contributed by atoms with Gasteiger partial charge in [0.2, 0.25) is 5.91 Å². The number of hydrazine groups is 1. The Morgan fingerprint density at radius 2 is 1.59 bits per heavy atom. The number of anilines is 1. The van der Waals surface area contributed by atoms with Crippen LogP contribution < -0.4 is 26.8 Å². The highest BCUT2D eigenvalue weighted by molar-refractivity contribution is 5.77. The molecule has 0 aliphatic rings. The normalized spacial score (nSPS) is 10.7. The van der Waals surface area contributed by atoms with E-state index in [1.807, 2.05) is 36.4 Å². The van der Waals surface area contributed by atoms with Gasteiger partial charge in [-0.1, -0.05) is 24.3 Å². The van der Waals surface area contributed by atoms with Gasteiger partial charge in [0.1, 0.15) is 5.60 Å². The average Bonchev–Trinajstić information content (AvgIpc) is 2.78. The van der Waals surface area contributed by atoms with Crippen LogP contribution in [0.25, 0.3) is 0 Å². The molecule has 1 heterocycles. The second-order valence-electron chi connectivity index (χ2n) is 8.70. The van der Waals surface area contributed by atoms with Crippen molar-refractivity contribution in [1.29, 1.82) is 0 Å². The van der Waals surface area contributed by atoms with Gasteiger partial charge in [0.05, 0.1) is 11.9 Å². The van der Waals surface area contributed by atoms with E-state index in [9.17, 15) is 14.4 Å². The summed E-state index contributed by atoms with van der Waals surface area (Å²) in [7, 11) is 0. The molecule has 184 valence electrons. The molecule has 34 heavy (non-hydrogen) atoms. The van der Waals surface area contributed by atoms with Gasteiger partial charge in [-0.3, -0.25) is 9.78 Å². The van der Waals surface area contributed by atoms with Crippen molar-refractivity contribution in [3.8, 4) is 0 Å². The number of aromatic nitrogens is 1. The molecule has 2 aromatic rings. The van der Waals surface area contributed by atoms with Gasteiger partial charge in [-0.25, -0.2) is 20.4 Å². The quantitative estimate of drug-likeness (QED) is 0.283. The maximum absolute atomic E-state index is 11.8. The molecule has 0 radical (unpaired) electrons. The van der Waals surface area contributed by atoms with Crippen LogP contribution in [-0.2, 0) is 28.9 Å². The zero-order valence-electron chi connectivity index (χ0n) is 20.2. The first-order valence-electron chi connectivity index (χ1n) is 11.1. The van der Waals surface area contributed by atoms with E-state index in [4.69, 9.17) is 4.74 Å². The van der Waals surface area contributed by atoms with Gasteiger partial charge in [0.15, 0.2) is 0 Å². The van der Waals surface area contributed by atoms with Crippen molar-refractivity contribution in [3.63, 3.8) is 0 Å². The SMILES string of the molecule is CC(=O)NCCNc1ccc(CCc2ccc(CNC(=O)NNC(=O)OC(C)(C)C)cc2)nc1.